The fourth-order valence-corrected chi connectivity index (χ4v) is 2.38. The molecule has 1 saturated heterocycles. The van der Waals surface area contributed by atoms with Crippen molar-refractivity contribution < 1.29 is 23.2 Å². The van der Waals surface area contributed by atoms with Crippen molar-refractivity contribution >= 4 is 24.1 Å². The average Bonchev–Trinajstić information content (AvgIpc) is 3.18. The van der Waals surface area contributed by atoms with Crippen LogP contribution < -0.4 is 5.73 Å². The zero-order chi connectivity index (χ0) is 18.7. The van der Waals surface area contributed by atoms with Gasteiger partial charge in [-0.1, -0.05) is 0 Å². The number of hydrazone groups is 1. The lowest BCUT2D eigenvalue weighted by atomic mass is 10.2. The Kier molecular flexibility index (Phi) is 4.90. The summed E-state index contributed by atoms with van der Waals surface area (Å²) in [6, 6.07) is 8.22. The zero-order valence-corrected chi connectivity index (χ0v) is 13.6. The number of nitrogens with two attached hydrogens (primary N) is 1. The monoisotopic (exact) mass is 358 g/mol. The maximum atomic E-state index is 13.0. The number of benzene rings is 1. The maximum Gasteiger partial charge on any atom is 0.354 e. The SMILES string of the molecule is NCCC(=O)N1C(=O)CN(/N=C/c2ccc(-c3ccc(F)cc3)o2)C1=O. The fraction of sp³-hybridized carbons (Fsp3) is 0.176. The number of nitrogens with zero attached hydrogens (tertiary/aromatic N) is 3. The van der Waals surface area contributed by atoms with E-state index in [0.29, 0.717) is 22.0 Å². The van der Waals surface area contributed by atoms with Crippen LogP contribution in [0, 0.1) is 5.82 Å². The van der Waals surface area contributed by atoms with Crippen LogP contribution >= 0.6 is 0 Å². The highest BCUT2D eigenvalue weighted by Crippen LogP contribution is 2.22. The number of imide groups is 3. The van der Waals surface area contributed by atoms with Crippen LogP contribution in [0.4, 0.5) is 9.18 Å². The third kappa shape index (κ3) is 3.52. The van der Waals surface area contributed by atoms with Gasteiger partial charge in [-0.2, -0.15) is 10.0 Å². The molecule has 2 N–H and O–H groups in total. The average molecular weight is 358 g/mol. The van der Waals surface area contributed by atoms with Gasteiger partial charge < -0.3 is 10.2 Å². The lowest BCUT2D eigenvalue weighted by molar-refractivity contribution is -0.138. The van der Waals surface area contributed by atoms with Crippen LogP contribution in [-0.4, -0.2) is 47.1 Å². The van der Waals surface area contributed by atoms with Crippen LogP contribution in [0.15, 0.2) is 45.9 Å². The Morgan fingerprint density at radius 2 is 1.96 bits per heavy atom. The van der Waals surface area contributed by atoms with Gasteiger partial charge in [0.05, 0.1) is 6.21 Å². The molecular weight excluding hydrogens is 343 g/mol. The summed E-state index contributed by atoms with van der Waals surface area (Å²) in [5, 5.41) is 4.77. The number of hydrogen-bond acceptors (Lipinski definition) is 6. The first-order valence-corrected chi connectivity index (χ1v) is 7.76. The van der Waals surface area contributed by atoms with E-state index in [-0.39, 0.29) is 25.3 Å². The number of urea groups is 1. The minimum Gasteiger partial charge on any atom is -0.455 e. The van der Waals surface area contributed by atoms with Crippen molar-refractivity contribution in [2.24, 2.45) is 10.8 Å². The third-order valence-corrected chi connectivity index (χ3v) is 3.63. The highest BCUT2D eigenvalue weighted by molar-refractivity contribution is 6.15. The van der Waals surface area contributed by atoms with Gasteiger partial charge in [0, 0.05) is 18.5 Å². The molecule has 1 aromatic carbocycles. The van der Waals surface area contributed by atoms with Crippen LogP contribution in [0.5, 0.6) is 0 Å². The van der Waals surface area contributed by atoms with Crippen LogP contribution in [-0.2, 0) is 9.59 Å². The summed E-state index contributed by atoms with van der Waals surface area (Å²) >= 11 is 0. The Morgan fingerprint density at radius 1 is 1.23 bits per heavy atom. The number of rotatable bonds is 5. The van der Waals surface area contributed by atoms with E-state index >= 15 is 0 Å². The molecule has 0 atom stereocenters. The summed E-state index contributed by atoms with van der Waals surface area (Å²) in [5.41, 5.74) is 5.95. The molecule has 0 spiro atoms. The van der Waals surface area contributed by atoms with Crippen molar-refractivity contribution in [1.82, 2.24) is 9.91 Å². The Morgan fingerprint density at radius 3 is 2.65 bits per heavy atom. The smallest absolute Gasteiger partial charge is 0.354 e. The van der Waals surface area contributed by atoms with Gasteiger partial charge in [-0.15, -0.1) is 0 Å². The normalized spacial score (nSPS) is 14.7. The Balaban J connectivity index is 1.71. The zero-order valence-electron chi connectivity index (χ0n) is 13.6. The van der Waals surface area contributed by atoms with Crippen molar-refractivity contribution in [3.63, 3.8) is 0 Å². The molecule has 0 aliphatic carbocycles. The van der Waals surface area contributed by atoms with Gasteiger partial charge >= 0.3 is 6.03 Å². The van der Waals surface area contributed by atoms with Gasteiger partial charge in [-0.3, -0.25) is 9.59 Å². The molecule has 0 radical (unpaired) electrons. The minimum atomic E-state index is -0.824. The van der Waals surface area contributed by atoms with Crippen LogP contribution in [0.1, 0.15) is 12.2 Å². The van der Waals surface area contributed by atoms with E-state index in [0.717, 1.165) is 5.01 Å². The molecule has 4 amide bonds. The van der Waals surface area contributed by atoms with Crippen molar-refractivity contribution in [2.45, 2.75) is 6.42 Å². The predicted octanol–water partition coefficient (Wildman–Crippen LogP) is 1.56. The number of carbonyl (C=O) groups excluding carboxylic acids is 3. The first-order valence-electron chi connectivity index (χ1n) is 7.76. The first-order chi connectivity index (χ1) is 12.5. The highest BCUT2D eigenvalue weighted by atomic mass is 19.1. The van der Waals surface area contributed by atoms with Gasteiger partial charge in [0.15, 0.2) is 0 Å². The van der Waals surface area contributed by atoms with Crippen molar-refractivity contribution in [1.29, 1.82) is 0 Å². The third-order valence-electron chi connectivity index (χ3n) is 3.63. The molecule has 0 bridgehead atoms. The molecule has 8 nitrogen and oxygen atoms in total. The number of amides is 4. The lowest BCUT2D eigenvalue weighted by Gasteiger charge is -2.11. The Bertz CT molecular complexity index is 875. The Hall–Kier alpha value is -3.33. The van der Waals surface area contributed by atoms with E-state index in [1.807, 2.05) is 0 Å². The molecule has 1 aromatic heterocycles. The lowest BCUT2D eigenvalue weighted by Crippen LogP contribution is -2.38. The minimum absolute atomic E-state index is 0.0394. The molecule has 2 aromatic rings. The number of furan rings is 1. The molecule has 1 aliphatic rings. The van der Waals surface area contributed by atoms with E-state index < -0.39 is 17.8 Å². The largest absolute Gasteiger partial charge is 0.455 e. The summed E-state index contributed by atoms with van der Waals surface area (Å²) in [7, 11) is 0. The van der Waals surface area contributed by atoms with Crippen LogP contribution in [0.3, 0.4) is 0 Å². The van der Waals surface area contributed by atoms with Crippen molar-refractivity contribution in [3.05, 3.63) is 48.0 Å². The number of hydrogen-bond donors (Lipinski definition) is 1. The maximum absolute atomic E-state index is 13.0. The molecule has 0 saturated carbocycles. The molecule has 2 heterocycles. The standard InChI is InChI=1S/C17H15FN4O4/c18-12-3-1-11(2-4-12)14-6-5-13(26-14)9-20-21-10-16(24)22(17(21)25)15(23)7-8-19/h1-6,9H,7-8,10,19H2/b20-9+. The van der Waals surface area contributed by atoms with E-state index in [4.69, 9.17) is 10.2 Å². The van der Waals surface area contributed by atoms with Crippen LogP contribution in [0.25, 0.3) is 11.3 Å². The Labute approximate surface area is 147 Å². The van der Waals surface area contributed by atoms with E-state index in [1.54, 1.807) is 24.3 Å². The second-order valence-corrected chi connectivity index (χ2v) is 5.46. The molecule has 134 valence electrons. The summed E-state index contributed by atoms with van der Waals surface area (Å²) in [5.74, 6) is -0.840. The molecule has 9 heteroatoms. The summed E-state index contributed by atoms with van der Waals surface area (Å²) in [6.45, 7) is -0.297. The first kappa shape index (κ1) is 17.5. The molecule has 0 unspecified atom stereocenters. The molecule has 1 aliphatic heterocycles. The van der Waals surface area contributed by atoms with Gasteiger partial charge in [-0.25, -0.2) is 14.2 Å². The quantitative estimate of drug-likeness (QED) is 0.644. The highest BCUT2D eigenvalue weighted by Gasteiger charge is 2.40. The predicted molar refractivity (Wildman–Crippen MR) is 89.3 cm³/mol. The number of halogens is 1. The van der Waals surface area contributed by atoms with E-state index in [9.17, 15) is 18.8 Å². The molecule has 1 fully saturated rings. The van der Waals surface area contributed by atoms with Gasteiger partial charge in [0.1, 0.15) is 23.9 Å². The summed E-state index contributed by atoms with van der Waals surface area (Å²) < 4.78 is 18.5. The second kappa shape index (κ2) is 7.28. The molecular formula is C17H15FN4O4. The van der Waals surface area contributed by atoms with E-state index in [2.05, 4.69) is 5.10 Å². The van der Waals surface area contributed by atoms with Crippen LogP contribution in [0.2, 0.25) is 0 Å². The summed E-state index contributed by atoms with van der Waals surface area (Å²) in [4.78, 5) is 36.2. The fourth-order valence-electron chi connectivity index (χ4n) is 2.38. The number of carbonyl (C=O) groups is 3. The molecule has 26 heavy (non-hydrogen) atoms. The van der Waals surface area contributed by atoms with Crippen molar-refractivity contribution in [3.8, 4) is 11.3 Å². The van der Waals surface area contributed by atoms with Gasteiger partial charge in [0.25, 0.3) is 5.91 Å². The molecule has 3 rings (SSSR count). The summed E-state index contributed by atoms with van der Waals surface area (Å²) in [6.07, 6.45) is 1.16. The second-order valence-electron chi connectivity index (χ2n) is 5.46. The van der Waals surface area contributed by atoms with Crippen molar-refractivity contribution in [2.75, 3.05) is 13.1 Å². The van der Waals surface area contributed by atoms with E-state index in [1.165, 1.54) is 18.3 Å². The van der Waals surface area contributed by atoms with Gasteiger partial charge in [0.2, 0.25) is 5.91 Å². The topological polar surface area (TPSA) is 109 Å². The van der Waals surface area contributed by atoms with Gasteiger partial charge in [-0.05, 0) is 36.4 Å².